The molecule has 28 heavy (non-hydrogen) atoms. The van der Waals surface area contributed by atoms with Crippen LogP contribution in [0.2, 0.25) is 0 Å². The second kappa shape index (κ2) is 8.55. The Morgan fingerprint density at radius 3 is 2.75 bits per heavy atom. The summed E-state index contributed by atoms with van der Waals surface area (Å²) in [4.78, 5) is 21.0. The molecule has 0 N–H and O–H groups in total. The monoisotopic (exact) mass is 382 g/mol. The number of fused-ring (bicyclic) bond motifs is 1. The third-order valence-corrected chi connectivity index (χ3v) is 5.60. The van der Waals surface area contributed by atoms with Crippen LogP contribution < -0.4 is 4.90 Å². The smallest absolute Gasteiger partial charge is 0.225 e. The Morgan fingerprint density at radius 2 is 2.11 bits per heavy atom. The highest BCUT2D eigenvalue weighted by Gasteiger charge is 2.29. The van der Waals surface area contributed by atoms with Crippen LogP contribution >= 0.6 is 0 Å². The fourth-order valence-corrected chi connectivity index (χ4v) is 4.01. The number of amides is 1. The van der Waals surface area contributed by atoms with E-state index in [2.05, 4.69) is 22.9 Å². The first kappa shape index (κ1) is 20.1. The molecule has 1 fully saturated rings. The number of rotatable bonds is 5. The molecule has 1 aliphatic heterocycles. The van der Waals surface area contributed by atoms with Crippen molar-refractivity contribution in [2.45, 2.75) is 39.5 Å². The molecule has 6 heteroatoms. The van der Waals surface area contributed by atoms with Gasteiger partial charge in [0.25, 0.3) is 0 Å². The summed E-state index contributed by atoms with van der Waals surface area (Å²) in [7, 11) is 1.88. The summed E-state index contributed by atoms with van der Waals surface area (Å²) in [6.45, 7) is 6.07. The Kier molecular flexibility index (Phi) is 6.13. The molecule has 0 atom stereocenters. The van der Waals surface area contributed by atoms with Gasteiger partial charge in [0.1, 0.15) is 11.9 Å². The van der Waals surface area contributed by atoms with Crippen molar-refractivity contribution >= 4 is 22.5 Å². The van der Waals surface area contributed by atoms with Gasteiger partial charge >= 0.3 is 0 Å². The largest absolute Gasteiger partial charge is 0.370 e. The maximum absolute atomic E-state index is 14.1. The van der Waals surface area contributed by atoms with Crippen LogP contribution in [0.4, 0.5) is 10.1 Å². The highest BCUT2D eigenvalue weighted by molar-refractivity contribution is 5.96. The molecule has 0 unspecified atom stereocenters. The van der Waals surface area contributed by atoms with Gasteiger partial charge in [0.2, 0.25) is 5.91 Å². The van der Waals surface area contributed by atoms with Crippen molar-refractivity contribution in [1.82, 2.24) is 9.88 Å². The molecule has 0 bridgehead atoms. The van der Waals surface area contributed by atoms with Crippen molar-refractivity contribution in [3.63, 3.8) is 0 Å². The molecule has 2 heterocycles. The summed E-state index contributed by atoms with van der Waals surface area (Å²) >= 11 is 0. The van der Waals surface area contributed by atoms with Gasteiger partial charge in [-0.15, -0.1) is 0 Å². The summed E-state index contributed by atoms with van der Waals surface area (Å²) < 4.78 is 14.1. The number of carbonyl (C=O) groups excluding carboxylic acids is 1. The number of unbranched alkanes of at least 4 members (excludes halogenated alkanes) is 1. The molecule has 5 nitrogen and oxygen atoms in total. The van der Waals surface area contributed by atoms with Crippen LogP contribution in [-0.2, 0) is 4.79 Å². The van der Waals surface area contributed by atoms with Crippen LogP contribution in [0.25, 0.3) is 10.9 Å². The third kappa shape index (κ3) is 3.94. The van der Waals surface area contributed by atoms with Gasteiger partial charge in [0, 0.05) is 44.2 Å². The molecule has 1 aromatic heterocycles. The summed E-state index contributed by atoms with van der Waals surface area (Å²) in [5.74, 6) is -0.115. The fraction of sp³-hybridized carbons (Fsp3) is 0.500. The highest BCUT2D eigenvalue weighted by Crippen LogP contribution is 2.34. The average molecular weight is 382 g/mol. The van der Waals surface area contributed by atoms with Crippen LogP contribution in [0.1, 0.15) is 43.7 Å². The van der Waals surface area contributed by atoms with Crippen molar-refractivity contribution in [3.8, 4) is 6.07 Å². The number of hydrogen-bond acceptors (Lipinski definition) is 4. The summed E-state index contributed by atoms with van der Waals surface area (Å²) in [6.07, 6.45) is 5.12. The number of benzene rings is 1. The number of hydrogen-bond donors (Lipinski definition) is 0. The van der Waals surface area contributed by atoms with Gasteiger partial charge in [-0.05, 0) is 43.9 Å². The standard InChI is InChI=1S/C22H27FN4O/c1-4-5-8-26(3)22(28)16-6-9-27(10-7-16)21-17(13-24)14-25-20-15(2)11-18(23)12-19(20)21/h11-12,14,16H,4-10H2,1-3H3. The molecule has 1 amide bonds. The lowest BCUT2D eigenvalue weighted by atomic mass is 9.94. The van der Waals surface area contributed by atoms with E-state index in [1.54, 1.807) is 6.20 Å². The Balaban J connectivity index is 1.84. The first-order chi connectivity index (χ1) is 13.5. The molecule has 2 aromatic rings. The zero-order valence-electron chi connectivity index (χ0n) is 16.8. The maximum atomic E-state index is 14.1. The van der Waals surface area contributed by atoms with Crippen molar-refractivity contribution < 1.29 is 9.18 Å². The number of aromatic nitrogens is 1. The zero-order valence-corrected chi connectivity index (χ0v) is 16.8. The first-order valence-electron chi connectivity index (χ1n) is 9.95. The predicted octanol–water partition coefficient (Wildman–Crippen LogP) is 4.03. The molecule has 1 saturated heterocycles. The van der Waals surface area contributed by atoms with Gasteiger partial charge in [-0.2, -0.15) is 5.26 Å². The predicted molar refractivity (Wildman–Crippen MR) is 109 cm³/mol. The highest BCUT2D eigenvalue weighted by atomic mass is 19.1. The molecule has 3 rings (SSSR count). The van der Waals surface area contributed by atoms with Crippen LogP contribution in [0.15, 0.2) is 18.3 Å². The molecule has 0 saturated carbocycles. The minimum Gasteiger partial charge on any atom is -0.370 e. The molecule has 1 aromatic carbocycles. The van der Waals surface area contributed by atoms with Gasteiger partial charge in [-0.1, -0.05) is 13.3 Å². The van der Waals surface area contributed by atoms with Gasteiger partial charge in [0.15, 0.2) is 0 Å². The number of aryl methyl sites for hydroxylation is 1. The molecule has 1 aliphatic rings. The van der Waals surface area contributed by atoms with E-state index in [0.29, 0.717) is 29.6 Å². The Bertz CT molecular complexity index is 913. The molecular formula is C22H27FN4O. The lowest BCUT2D eigenvalue weighted by molar-refractivity contribution is -0.134. The Morgan fingerprint density at radius 1 is 1.39 bits per heavy atom. The van der Waals surface area contributed by atoms with Gasteiger partial charge in [0.05, 0.1) is 16.8 Å². The quantitative estimate of drug-likeness (QED) is 0.783. The maximum Gasteiger partial charge on any atom is 0.225 e. The third-order valence-electron chi connectivity index (χ3n) is 5.60. The van der Waals surface area contributed by atoms with E-state index in [9.17, 15) is 14.4 Å². The SMILES string of the molecule is CCCCN(C)C(=O)C1CCN(c2c(C#N)cnc3c(C)cc(F)cc23)CC1. The Hall–Kier alpha value is -2.68. The number of anilines is 1. The van der Waals surface area contributed by atoms with E-state index < -0.39 is 0 Å². The van der Waals surface area contributed by atoms with E-state index >= 15 is 0 Å². The fourth-order valence-electron chi connectivity index (χ4n) is 4.01. The van der Waals surface area contributed by atoms with Gasteiger partial charge < -0.3 is 9.80 Å². The van der Waals surface area contributed by atoms with Crippen LogP contribution in [0.5, 0.6) is 0 Å². The van der Waals surface area contributed by atoms with E-state index in [1.165, 1.54) is 12.1 Å². The number of pyridine rings is 1. The van der Waals surface area contributed by atoms with Crippen molar-refractivity contribution in [3.05, 3.63) is 35.3 Å². The number of carbonyl (C=O) groups is 1. The van der Waals surface area contributed by atoms with E-state index in [0.717, 1.165) is 43.5 Å². The summed E-state index contributed by atoms with van der Waals surface area (Å²) in [6, 6.07) is 5.12. The minimum absolute atomic E-state index is 0.00946. The summed E-state index contributed by atoms with van der Waals surface area (Å²) in [5, 5.41) is 10.2. The molecular weight excluding hydrogens is 355 g/mol. The van der Waals surface area contributed by atoms with Crippen LogP contribution in [0, 0.1) is 30.0 Å². The molecule has 0 aliphatic carbocycles. The van der Waals surface area contributed by atoms with Crippen molar-refractivity contribution in [2.24, 2.45) is 5.92 Å². The topological polar surface area (TPSA) is 60.2 Å². The van der Waals surface area contributed by atoms with E-state index in [4.69, 9.17) is 0 Å². The summed E-state index contributed by atoms with van der Waals surface area (Å²) in [5.41, 5.74) is 2.65. The van der Waals surface area contributed by atoms with Crippen molar-refractivity contribution in [2.75, 3.05) is 31.6 Å². The molecule has 0 radical (unpaired) electrons. The molecule has 0 spiro atoms. The minimum atomic E-state index is -0.328. The Labute approximate surface area is 165 Å². The van der Waals surface area contributed by atoms with E-state index in [-0.39, 0.29) is 17.6 Å². The van der Waals surface area contributed by atoms with E-state index in [1.807, 2.05) is 18.9 Å². The molecule has 148 valence electrons. The normalized spacial score (nSPS) is 14.9. The number of nitriles is 1. The van der Waals surface area contributed by atoms with Crippen LogP contribution in [0.3, 0.4) is 0 Å². The lowest BCUT2D eigenvalue weighted by Gasteiger charge is -2.35. The van der Waals surface area contributed by atoms with Gasteiger partial charge in [-0.25, -0.2) is 4.39 Å². The average Bonchev–Trinajstić information content (AvgIpc) is 2.70. The zero-order chi connectivity index (χ0) is 20.3. The number of halogens is 1. The second-order valence-corrected chi connectivity index (χ2v) is 7.63. The first-order valence-corrected chi connectivity index (χ1v) is 9.95. The van der Waals surface area contributed by atoms with Crippen molar-refractivity contribution in [1.29, 1.82) is 5.26 Å². The van der Waals surface area contributed by atoms with Gasteiger partial charge in [-0.3, -0.25) is 9.78 Å². The number of nitrogens with zero attached hydrogens (tertiary/aromatic N) is 4. The second-order valence-electron chi connectivity index (χ2n) is 7.63. The lowest BCUT2D eigenvalue weighted by Crippen LogP contribution is -2.41. The number of piperidine rings is 1. The van der Waals surface area contributed by atoms with Crippen LogP contribution in [-0.4, -0.2) is 42.5 Å².